The first-order valence-electron chi connectivity index (χ1n) is 6.96. The number of halogens is 2. The van der Waals surface area contributed by atoms with E-state index >= 15 is 0 Å². The van der Waals surface area contributed by atoms with E-state index in [-0.39, 0.29) is 5.56 Å². The van der Waals surface area contributed by atoms with Crippen LogP contribution in [0.15, 0.2) is 36.4 Å². The molecule has 22 heavy (non-hydrogen) atoms. The molecule has 0 radical (unpaired) electrons. The number of benzene rings is 2. The van der Waals surface area contributed by atoms with Gasteiger partial charge in [0.25, 0.3) is 0 Å². The summed E-state index contributed by atoms with van der Waals surface area (Å²) < 4.78 is 26.6. The second-order valence-electron chi connectivity index (χ2n) is 5.30. The zero-order valence-electron chi connectivity index (χ0n) is 12.7. The van der Waals surface area contributed by atoms with Crippen LogP contribution in [0.5, 0.6) is 0 Å². The number of rotatable bonds is 3. The van der Waals surface area contributed by atoms with Crippen LogP contribution in [0.4, 0.5) is 19.3 Å². The van der Waals surface area contributed by atoms with Crippen molar-refractivity contribution in [3.8, 4) is 0 Å². The van der Waals surface area contributed by atoms with Crippen molar-refractivity contribution >= 4 is 11.7 Å². The van der Waals surface area contributed by atoms with Gasteiger partial charge in [-0.05, 0) is 38.5 Å². The van der Waals surface area contributed by atoms with Gasteiger partial charge in [-0.15, -0.1) is 0 Å². The van der Waals surface area contributed by atoms with Gasteiger partial charge in [0.1, 0.15) is 11.6 Å². The molecule has 1 atom stereocenters. The Balaban J connectivity index is 2.05. The molecule has 2 aromatic rings. The van der Waals surface area contributed by atoms with Gasteiger partial charge in [0.05, 0.1) is 6.04 Å². The minimum absolute atomic E-state index is 0.233. The first-order valence-corrected chi connectivity index (χ1v) is 6.96. The number of urea groups is 1. The van der Waals surface area contributed by atoms with Crippen LogP contribution in [0, 0.1) is 25.5 Å². The number of anilines is 1. The van der Waals surface area contributed by atoms with Gasteiger partial charge >= 0.3 is 6.03 Å². The van der Waals surface area contributed by atoms with Gasteiger partial charge in [-0.1, -0.05) is 23.8 Å². The summed E-state index contributed by atoms with van der Waals surface area (Å²) in [4.78, 5) is 12.0. The Kier molecular flexibility index (Phi) is 4.75. The van der Waals surface area contributed by atoms with Gasteiger partial charge in [-0.2, -0.15) is 0 Å². The van der Waals surface area contributed by atoms with Gasteiger partial charge in [-0.25, -0.2) is 13.6 Å². The number of carbonyl (C=O) groups is 1. The Labute approximate surface area is 128 Å². The van der Waals surface area contributed by atoms with Gasteiger partial charge in [-0.3, -0.25) is 0 Å². The molecular formula is C17H18F2N2O. The third-order valence-corrected chi connectivity index (χ3v) is 3.41. The molecule has 0 heterocycles. The molecule has 2 rings (SSSR count). The number of amides is 2. The average molecular weight is 304 g/mol. The molecule has 0 unspecified atom stereocenters. The third kappa shape index (κ3) is 3.81. The van der Waals surface area contributed by atoms with E-state index in [2.05, 4.69) is 10.6 Å². The van der Waals surface area contributed by atoms with Crippen LogP contribution in [0.3, 0.4) is 0 Å². The normalized spacial score (nSPS) is 11.9. The monoisotopic (exact) mass is 304 g/mol. The van der Waals surface area contributed by atoms with E-state index in [0.29, 0.717) is 5.69 Å². The van der Waals surface area contributed by atoms with Crippen LogP contribution in [0.1, 0.15) is 29.7 Å². The van der Waals surface area contributed by atoms with E-state index < -0.39 is 23.7 Å². The Hall–Kier alpha value is -2.43. The van der Waals surface area contributed by atoms with Crippen LogP contribution in [-0.2, 0) is 0 Å². The van der Waals surface area contributed by atoms with Crippen LogP contribution in [0.2, 0.25) is 0 Å². The molecule has 0 saturated heterocycles. The molecule has 0 spiro atoms. The second kappa shape index (κ2) is 6.56. The summed E-state index contributed by atoms with van der Waals surface area (Å²) in [6.45, 7) is 5.50. The molecule has 5 heteroatoms. The van der Waals surface area contributed by atoms with E-state index in [0.717, 1.165) is 17.2 Å². The minimum atomic E-state index is -0.681. The van der Waals surface area contributed by atoms with Crippen molar-refractivity contribution in [3.63, 3.8) is 0 Å². The average Bonchev–Trinajstić information content (AvgIpc) is 2.41. The summed E-state index contributed by atoms with van der Waals surface area (Å²) in [7, 11) is 0. The maximum Gasteiger partial charge on any atom is 0.319 e. The van der Waals surface area contributed by atoms with Crippen LogP contribution >= 0.6 is 0 Å². The van der Waals surface area contributed by atoms with E-state index in [4.69, 9.17) is 0 Å². The van der Waals surface area contributed by atoms with Gasteiger partial charge in [0.15, 0.2) is 0 Å². The van der Waals surface area contributed by atoms with Crippen LogP contribution < -0.4 is 10.6 Å². The number of hydrogen-bond donors (Lipinski definition) is 2. The van der Waals surface area contributed by atoms with E-state index in [1.165, 1.54) is 12.1 Å². The molecular weight excluding hydrogens is 286 g/mol. The number of hydrogen-bond acceptors (Lipinski definition) is 1. The highest BCUT2D eigenvalue weighted by Crippen LogP contribution is 2.19. The van der Waals surface area contributed by atoms with E-state index in [1.807, 2.05) is 32.0 Å². The lowest BCUT2D eigenvalue weighted by molar-refractivity contribution is 0.249. The molecule has 0 saturated carbocycles. The molecule has 0 aromatic heterocycles. The topological polar surface area (TPSA) is 41.1 Å². The van der Waals surface area contributed by atoms with Crippen molar-refractivity contribution < 1.29 is 13.6 Å². The maximum absolute atomic E-state index is 13.7. The first kappa shape index (κ1) is 15.9. The third-order valence-electron chi connectivity index (χ3n) is 3.41. The molecule has 2 aromatic carbocycles. The van der Waals surface area contributed by atoms with Crippen LogP contribution in [0.25, 0.3) is 0 Å². The predicted molar refractivity (Wildman–Crippen MR) is 82.8 cm³/mol. The Morgan fingerprint density at radius 3 is 2.45 bits per heavy atom. The van der Waals surface area contributed by atoms with Crippen molar-refractivity contribution in [1.29, 1.82) is 0 Å². The SMILES string of the molecule is Cc1ccc(NC(=O)N[C@@H](C)c2ccc(F)cc2F)c(C)c1. The fourth-order valence-corrected chi connectivity index (χ4v) is 2.24. The summed E-state index contributed by atoms with van der Waals surface area (Å²) in [6.07, 6.45) is 0. The summed E-state index contributed by atoms with van der Waals surface area (Å²) >= 11 is 0. The zero-order valence-corrected chi connectivity index (χ0v) is 12.7. The maximum atomic E-state index is 13.7. The standard InChI is InChI=1S/C17H18F2N2O/c1-10-4-7-16(11(2)8-10)21-17(22)20-12(3)14-6-5-13(18)9-15(14)19/h4-9,12H,1-3H3,(H2,20,21,22)/t12-/m0/s1. The van der Waals surface area contributed by atoms with Gasteiger partial charge < -0.3 is 10.6 Å². The van der Waals surface area contributed by atoms with Crippen molar-refractivity contribution in [2.75, 3.05) is 5.32 Å². The summed E-state index contributed by atoms with van der Waals surface area (Å²) in [6, 6.07) is 7.94. The van der Waals surface area contributed by atoms with E-state index in [9.17, 15) is 13.6 Å². The van der Waals surface area contributed by atoms with Crippen molar-refractivity contribution in [2.24, 2.45) is 0 Å². The second-order valence-corrected chi connectivity index (χ2v) is 5.30. The largest absolute Gasteiger partial charge is 0.331 e. The lowest BCUT2D eigenvalue weighted by Gasteiger charge is -2.16. The highest BCUT2D eigenvalue weighted by molar-refractivity contribution is 5.90. The molecule has 116 valence electrons. The Morgan fingerprint density at radius 1 is 1.09 bits per heavy atom. The highest BCUT2D eigenvalue weighted by atomic mass is 19.1. The summed E-state index contributed by atoms with van der Waals surface area (Å²) in [5.74, 6) is -1.33. The van der Waals surface area contributed by atoms with Crippen LogP contribution in [-0.4, -0.2) is 6.03 Å². The molecule has 2 amide bonds. The van der Waals surface area contributed by atoms with E-state index in [1.54, 1.807) is 6.92 Å². The van der Waals surface area contributed by atoms with Crippen molar-refractivity contribution in [2.45, 2.75) is 26.8 Å². The lowest BCUT2D eigenvalue weighted by atomic mass is 10.1. The fourth-order valence-electron chi connectivity index (χ4n) is 2.24. The van der Waals surface area contributed by atoms with Crippen molar-refractivity contribution in [3.05, 3.63) is 64.7 Å². The molecule has 0 aliphatic rings. The number of nitrogens with one attached hydrogen (secondary N) is 2. The number of carbonyl (C=O) groups excluding carboxylic acids is 1. The lowest BCUT2D eigenvalue weighted by Crippen LogP contribution is -2.31. The van der Waals surface area contributed by atoms with Gasteiger partial charge in [0.2, 0.25) is 0 Å². The molecule has 2 N–H and O–H groups in total. The minimum Gasteiger partial charge on any atom is -0.331 e. The number of aryl methyl sites for hydroxylation is 2. The van der Waals surface area contributed by atoms with Crippen molar-refractivity contribution in [1.82, 2.24) is 5.32 Å². The zero-order chi connectivity index (χ0) is 16.3. The molecule has 3 nitrogen and oxygen atoms in total. The highest BCUT2D eigenvalue weighted by Gasteiger charge is 2.14. The Bertz CT molecular complexity index is 701. The fraction of sp³-hybridized carbons (Fsp3) is 0.235. The quantitative estimate of drug-likeness (QED) is 0.863. The molecule has 0 aliphatic carbocycles. The molecule has 0 fully saturated rings. The first-order chi connectivity index (χ1) is 10.4. The Morgan fingerprint density at radius 2 is 1.82 bits per heavy atom. The summed E-state index contributed by atoms with van der Waals surface area (Å²) in [5.41, 5.74) is 2.97. The molecule has 0 bridgehead atoms. The predicted octanol–water partition coefficient (Wildman–Crippen LogP) is 4.46. The summed E-state index contributed by atoms with van der Waals surface area (Å²) in [5, 5.41) is 5.36. The smallest absolute Gasteiger partial charge is 0.319 e. The molecule has 0 aliphatic heterocycles. The van der Waals surface area contributed by atoms with Gasteiger partial charge in [0, 0.05) is 17.3 Å².